The first-order valence-corrected chi connectivity index (χ1v) is 14.7. The molecule has 9 rings (SSSR count). The standard InChI is InChI=1S/C37H21N3OS/c1-3-9-22(10-4-1)35-38-36(23-11-5-2-6-12-23)40-37(39-35)25-14-7-13-24(21-25)26-17-19-29-32-27(26)18-20-31-34(32)33-28(41-29)15-8-16-30(33)42-31/h1-21H. The Morgan fingerprint density at radius 2 is 1.02 bits per heavy atom. The highest BCUT2D eigenvalue weighted by molar-refractivity contribution is 7.26. The van der Waals surface area contributed by atoms with Gasteiger partial charge in [0.05, 0.1) is 0 Å². The highest BCUT2D eigenvalue weighted by Gasteiger charge is 2.23. The topological polar surface area (TPSA) is 47.9 Å². The molecular formula is C37H21N3OS. The zero-order valence-corrected chi connectivity index (χ0v) is 23.1. The van der Waals surface area contributed by atoms with E-state index in [-0.39, 0.29) is 0 Å². The Morgan fingerprint density at radius 1 is 0.429 bits per heavy atom. The molecule has 0 bridgehead atoms. The molecule has 0 fully saturated rings. The maximum absolute atomic E-state index is 6.42. The Labute approximate surface area is 245 Å². The molecule has 1 aliphatic heterocycles. The number of benzene rings is 6. The van der Waals surface area contributed by atoms with Crippen molar-refractivity contribution in [2.45, 2.75) is 0 Å². The minimum absolute atomic E-state index is 0.644. The summed E-state index contributed by atoms with van der Waals surface area (Å²) in [7, 11) is 0. The molecule has 5 heteroatoms. The molecule has 196 valence electrons. The fourth-order valence-electron chi connectivity index (χ4n) is 5.99. The molecule has 0 saturated carbocycles. The minimum Gasteiger partial charge on any atom is -0.456 e. The number of hydrogen-bond donors (Lipinski definition) is 0. The van der Waals surface area contributed by atoms with Crippen LogP contribution in [0.4, 0.5) is 0 Å². The average Bonchev–Trinajstić information content (AvgIpc) is 3.46. The molecule has 2 aromatic heterocycles. The van der Waals surface area contributed by atoms with Crippen LogP contribution < -0.4 is 4.74 Å². The summed E-state index contributed by atoms with van der Waals surface area (Å²) < 4.78 is 8.96. The van der Waals surface area contributed by atoms with E-state index in [1.165, 1.54) is 30.9 Å². The third kappa shape index (κ3) is 3.57. The first-order valence-electron chi connectivity index (χ1n) is 13.9. The van der Waals surface area contributed by atoms with Crippen molar-refractivity contribution in [1.82, 2.24) is 15.0 Å². The minimum atomic E-state index is 0.644. The summed E-state index contributed by atoms with van der Waals surface area (Å²) in [6.07, 6.45) is 0. The molecule has 0 unspecified atom stereocenters. The second kappa shape index (κ2) is 9.06. The highest BCUT2D eigenvalue weighted by Crippen LogP contribution is 2.51. The van der Waals surface area contributed by atoms with Gasteiger partial charge in [-0.2, -0.15) is 0 Å². The van der Waals surface area contributed by atoms with Gasteiger partial charge in [0.25, 0.3) is 0 Å². The number of aromatic nitrogens is 3. The maximum atomic E-state index is 6.42. The van der Waals surface area contributed by atoms with Crippen molar-refractivity contribution < 1.29 is 4.74 Å². The normalized spacial score (nSPS) is 12.0. The van der Waals surface area contributed by atoms with Gasteiger partial charge in [-0.05, 0) is 46.8 Å². The quantitative estimate of drug-likeness (QED) is 0.217. The molecule has 6 aromatic carbocycles. The average molecular weight is 556 g/mol. The number of nitrogens with zero attached hydrogens (tertiary/aromatic N) is 3. The van der Waals surface area contributed by atoms with Crippen LogP contribution in [0.3, 0.4) is 0 Å². The Hall–Kier alpha value is -5.39. The van der Waals surface area contributed by atoms with E-state index in [0.717, 1.165) is 39.3 Å². The summed E-state index contributed by atoms with van der Waals surface area (Å²) in [5, 5.41) is 4.86. The molecule has 0 atom stereocenters. The van der Waals surface area contributed by atoms with E-state index in [9.17, 15) is 0 Å². The van der Waals surface area contributed by atoms with Gasteiger partial charge in [0.15, 0.2) is 17.5 Å². The van der Waals surface area contributed by atoms with Gasteiger partial charge in [-0.3, -0.25) is 0 Å². The van der Waals surface area contributed by atoms with E-state index in [0.29, 0.717) is 17.5 Å². The number of thiophene rings is 1. The summed E-state index contributed by atoms with van der Waals surface area (Å²) in [6, 6.07) is 43.7. The summed E-state index contributed by atoms with van der Waals surface area (Å²) in [5.41, 5.74) is 5.11. The van der Waals surface area contributed by atoms with Gasteiger partial charge in [0, 0.05) is 42.2 Å². The van der Waals surface area contributed by atoms with Crippen molar-refractivity contribution in [3.05, 3.63) is 127 Å². The first kappa shape index (κ1) is 23.3. The fraction of sp³-hybridized carbons (Fsp3) is 0. The van der Waals surface area contributed by atoms with Crippen LogP contribution in [-0.2, 0) is 0 Å². The molecule has 3 heterocycles. The molecule has 0 aliphatic carbocycles. The molecule has 4 nitrogen and oxygen atoms in total. The van der Waals surface area contributed by atoms with Crippen LogP contribution in [0, 0.1) is 0 Å². The largest absolute Gasteiger partial charge is 0.456 e. The zero-order valence-electron chi connectivity index (χ0n) is 22.3. The summed E-state index contributed by atoms with van der Waals surface area (Å²) >= 11 is 1.82. The second-order valence-corrected chi connectivity index (χ2v) is 11.5. The van der Waals surface area contributed by atoms with Crippen molar-refractivity contribution >= 4 is 42.3 Å². The van der Waals surface area contributed by atoms with Crippen molar-refractivity contribution in [3.8, 4) is 56.8 Å². The molecule has 0 N–H and O–H groups in total. The Bertz CT molecular complexity index is 2270. The molecule has 8 aromatic rings. The lowest BCUT2D eigenvalue weighted by Gasteiger charge is -2.18. The summed E-state index contributed by atoms with van der Waals surface area (Å²) in [6.45, 7) is 0. The lowest BCUT2D eigenvalue weighted by molar-refractivity contribution is 0.493. The number of hydrogen-bond acceptors (Lipinski definition) is 5. The Balaban J connectivity index is 1.24. The van der Waals surface area contributed by atoms with Crippen LogP contribution in [-0.4, -0.2) is 15.0 Å². The van der Waals surface area contributed by atoms with Crippen molar-refractivity contribution in [2.24, 2.45) is 0 Å². The van der Waals surface area contributed by atoms with Gasteiger partial charge >= 0.3 is 0 Å². The maximum Gasteiger partial charge on any atom is 0.164 e. The molecule has 42 heavy (non-hydrogen) atoms. The monoisotopic (exact) mass is 555 g/mol. The van der Waals surface area contributed by atoms with Gasteiger partial charge in [0.2, 0.25) is 0 Å². The van der Waals surface area contributed by atoms with Gasteiger partial charge in [-0.25, -0.2) is 15.0 Å². The summed E-state index contributed by atoms with van der Waals surface area (Å²) in [4.78, 5) is 14.7. The smallest absolute Gasteiger partial charge is 0.164 e. The lowest BCUT2D eigenvalue weighted by Crippen LogP contribution is -2.00. The molecule has 0 radical (unpaired) electrons. The van der Waals surface area contributed by atoms with Gasteiger partial charge < -0.3 is 4.74 Å². The first-order chi connectivity index (χ1) is 20.8. The number of rotatable bonds is 4. The Kier molecular flexibility index (Phi) is 5.03. The van der Waals surface area contributed by atoms with Crippen LogP contribution in [0.1, 0.15) is 0 Å². The van der Waals surface area contributed by atoms with Crippen LogP contribution in [0.2, 0.25) is 0 Å². The van der Waals surface area contributed by atoms with E-state index in [2.05, 4.69) is 66.7 Å². The molecule has 1 aliphatic rings. The van der Waals surface area contributed by atoms with Crippen LogP contribution in [0.25, 0.3) is 76.2 Å². The van der Waals surface area contributed by atoms with E-state index < -0.39 is 0 Å². The Morgan fingerprint density at radius 3 is 1.76 bits per heavy atom. The SMILES string of the molecule is c1ccc(-c2nc(-c3ccccc3)nc(-c3cccc(-c4ccc5c6c4ccc4sc7cccc(c7c46)O5)c3)n2)cc1. The number of ether oxygens (including phenoxy) is 1. The molecule has 0 spiro atoms. The van der Waals surface area contributed by atoms with Gasteiger partial charge in [-0.15, -0.1) is 11.3 Å². The highest BCUT2D eigenvalue weighted by atomic mass is 32.1. The summed E-state index contributed by atoms with van der Waals surface area (Å²) in [5.74, 6) is 3.80. The van der Waals surface area contributed by atoms with Gasteiger partial charge in [-0.1, -0.05) is 97.1 Å². The van der Waals surface area contributed by atoms with E-state index in [1.807, 2.05) is 72.0 Å². The van der Waals surface area contributed by atoms with E-state index in [1.54, 1.807) is 0 Å². The third-order valence-electron chi connectivity index (χ3n) is 7.91. The zero-order chi connectivity index (χ0) is 27.6. The third-order valence-corrected chi connectivity index (χ3v) is 9.03. The predicted molar refractivity (Wildman–Crippen MR) is 172 cm³/mol. The predicted octanol–water partition coefficient (Wildman–Crippen LogP) is 10.2. The van der Waals surface area contributed by atoms with E-state index >= 15 is 0 Å². The molecule has 0 saturated heterocycles. The lowest BCUT2D eigenvalue weighted by atomic mass is 9.93. The van der Waals surface area contributed by atoms with Crippen molar-refractivity contribution in [3.63, 3.8) is 0 Å². The van der Waals surface area contributed by atoms with Crippen molar-refractivity contribution in [1.29, 1.82) is 0 Å². The van der Waals surface area contributed by atoms with Crippen LogP contribution in [0.15, 0.2) is 127 Å². The van der Waals surface area contributed by atoms with Crippen LogP contribution >= 0.6 is 11.3 Å². The van der Waals surface area contributed by atoms with Crippen LogP contribution in [0.5, 0.6) is 11.5 Å². The molecular weight excluding hydrogens is 534 g/mol. The van der Waals surface area contributed by atoms with Crippen molar-refractivity contribution in [2.75, 3.05) is 0 Å². The second-order valence-electron chi connectivity index (χ2n) is 10.4. The van der Waals surface area contributed by atoms with E-state index in [4.69, 9.17) is 19.7 Å². The van der Waals surface area contributed by atoms with Gasteiger partial charge in [0.1, 0.15) is 11.5 Å². The fourth-order valence-corrected chi connectivity index (χ4v) is 7.12. The molecule has 0 amide bonds.